The van der Waals surface area contributed by atoms with Crippen LogP contribution in [0.4, 0.5) is 19.8 Å². The van der Waals surface area contributed by atoms with E-state index in [9.17, 15) is 18.8 Å². The van der Waals surface area contributed by atoms with Crippen LogP contribution in [-0.2, 0) is 4.79 Å². The molecule has 0 radical (unpaired) electrons. The molecule has 10 heteroatoms. The van der Waals surface area contributed by atoms with Gasteiger partial charge in [-0.15, -0.1) is 11.3 Å². The number of nitriles is 1. The Morgan fingerprint density at radius 1 is 1.30 bits per heavy atom. The molecule has 1 N–H and O–H groups in total. The molecule has 0 atom stereocenters. The summed E-state index contributed by atoms with van der Waals surface area (Å²) in [6, 6.07) is 5.59. The van der Waals surface area contributed by atoms with Crippen LogP contribution in [0.25, 0.3) is 11.3 Å². The molecular formula is C20H17F2N5O2S. The predicted molar refractivity (Wildman–Crippen MR) is 107 cm³/mol. The van der Waals surface area contributed by atoms with Crippen LogP contribution in [0.3, 0.4) is 0 Å². The summed E-state index contributed by atoms with van der Waals surface area (Å²) < 4.78 is 32.1. The molecule has 0 bridgehead atoms. The third kappa shape index (κ3) is 4.02. The maximum Gasteiger partial charge on any atom is 0.234 e. The van der Waals surface area contributed by atoms with Crippen molar-refractivity contribution < 1.29 is 18.0 Å². The zero-order valence-electron chi connectivity index (χ0n) is 16.0. The molecule has 0 saturated carbocycles. The molecule has 3 aromatic rings. The van der Waals surface area contributed by atoms with E-state index in [0.717, 1.165) is 12.1 Å². The van der Waals surface area contributed by atoms with Crippen molar-refractivity contribution in [2.75, 3.05) is 23.3 Å². The second-order valence-corrected chi connectivity index (χ2v) is 7.77. The predicted octanol–water partition coefficient (Wildman–Crippen LogP) is 4.11. The molecule has 7 nitrogen and oxygen atoms in total. The van der Waals surface area contributed by atoms with E-state index in [1.54, 1.807) is 12.3 Å². The summed E-state index contributed by atoms with van der Waals surface area (Å²) in [7, 11) is 0. The number of nitrogens with one attached hydrogen (secondary N) is 1. The Hall–Kier alpha value is -3.32. The Morgan fingerprint density at radius 3 is 2.77 bits per heavy atom. The summed E-state index contributed by atoms with van der Waals surface area (Å²) in [5.41, 5.74) is 1.16. The van der Waals surface area contributed by atoms with Crippen molar-refractivity contribution >= 4 is 28.3 Å². The van der Waals surface area contributed by atoms with Crippen LogP contribution in [0.1, 0.15) is 24.4 Å². The molecule has 4 rings (SSSR count). The first-order chi connectivity index (χ1) is 14.4. The number of carbonyl (C=O) groups is 1. The van der Waals surface area contributed by atoms with Crippen molar-refractivity contribution in [3.05, 3.63) is 46.8 Å². The number of hydrogen-bond donors (Lipinski definition) is 1. The number of halogens is 2. The lowest BCUT2D eigenvalue weighted by Gasteiger charge is -2.30. The van der Waals surface area contributed by atoms with E-state index in [2.05, 4.69) is 15.3 Å². The van der Waals surface area contributed by atoms with Gasteiger partial charge in [-0.2, -0.15) is 5.26 Å². The topological polar surface area (TPSA) is 95.0 Å². The normalized spacial score (nSPS) is 14.5. The number of aryl methyl sites for hydroxylation is 1. The number of hydrogen-bond acceptors (Lipinski definition) is 7. The van der Waals surface area contributed by atoms with Crippen LogP contribution >= 0.6 is 11.3 Å². The third-order valence-electron chi connectivity index (χ3n) is 4.92. The monoisotopic (exact) mass is 429 g/mol. The van der Waals surface area contributed by atoms with Crippen LogP contribution in [0.15, 0.2) is 28.0 Å². The number of nitrogens with zero attached hydrogens (tertiary/aromatic N) is 4. The Morgan fingerprint density at radius 2 is 2.07 bits per heavy atom. The van der Waals surface area contributed by atoms with Gasteiger partial charge in [-0.3, -0.25) is 4.79 Å². The Balaban J connectivity index is 1.37. The number of carbonyl (C=O) groups excluding carboxylic acids is 1. The number of anilines is 2. The summed E-state index contributed by atoms with van der Waals surface area (Å²) in [6.07, 6.45) is 1.19. The van der Waals surface area contributed by atoms with E-state index >= 15 is 0 Å². The number of benzene rings is 1. The number of oxazole rings is 1. The fraction of sp³-hybridized carbons (Fsp3) is 0.300. The maximum absolute atomic E-state index is 13.4. The van der Waals surface area contributed by atoms with Crippen LogP contribution in [0.5, 0.6) is 0 Å². The van der Waals surface area contributed by atoms with Crippen molar-refractivity contribution in [2.24, 2.45) is 5.92 Å². The molecule has 3 heterocycles. The minimum atomic E-state index is -0.945. The highest BCUT2D eigenvalue weighted by atomic mass is 32.1. The van der Waals surface area contributed by atoms with Gasteiger partial charge in [0.2, 0.25) is 17.5 Å². The summed E-state index contributed by atoms with van der Waals surface area (Å²) >= 11 is 1.22. The van der Waals surface area contributed by atoms with Crippen LogP contribution in [0, 0.1) is 35.8 Å². The molecule has 1 aromatic carbocycles. The van der Waals surface area contributed by atoms with Gasteiger partial charge in [0.25, 0.3) is 0 Å². The number of aromatic nitrogens is 2. The molecule has 154 valence electrons. The minimum absolute atomic E-state index is 0.143. The molecule has 1 fully saturated rings. The molecule has 1 saturated heterocycles. The first-order valence-electron chi connectivity index (χ1n) is 9.29. The molecular weight excluding hydrogens is 412 g/mol. The minimum Gasteiger partial charge on any atom is -0.424 e. The number of thiazole rings is 1. The standard InChI is InChI=1S/C20H17F2N5O2S/c1-11-24-16(9-23)19(29-11)27-6-4-12(5-7-27)18(28)26-20-25-17(10-30-20)13-2-3-14(21)15(22)8-13/h2-3,8,10,12H,4-7H2,1H3,(H,25,26,28). The molecule has 30 heavy (non-hydrogen) atoms. The lowest BCUT2D eigenvalue weighted by molar-refractivity contribution is -0.120. The lowest BCUT2D eigenvalue weighted by atomic mass is 9.96. The second-order valence-electron chi connectivity index (χ2n) is 6.92. The first kappa shape index (κ1) is 20.0. The van der Waals surface area contributed by atoms with Gasteiger partial charge < -0.3 is 14.6 Å². The number of rotatable bonds is 4. The largest absolute Gasteiger partial charge is 0.424 e. The van der Waals surface area contributed by atoms with Crippen molar-refractivity contribution in [3.8, 4) is 17.3 Å². The smallest absolute Gasteiger partial charge is 0.234 e. The molecule has 1 aliphatic rings. The lowest BCUT2D eigenvalue weighted by Crippen LogP contribution is -2.38. The maximum atomic E-state index is 13.4. The van der Waals surface area contributed by atoms with Crippen molar-refractivity contribution in [2.45, 2.75) is 19.8 Å². The van der Waals surface area contributed by atoms with Gasteiger partial charge in [0.15, 0.2) is 22.7 Å². The number of amides is 1. The van der Waals surface area contributed by atoms with E-state index in [1.807, 2.05) is 11.0 Å². The number of piperidine rings is 1. The summed E-state index contributed by atoms with van der Waals surface area (Å²) in [4.78, 5) is 22.9. The van der Waals surface area contributed by atoms with Crippen molar-refractivity contribution in [1.29, 1.82) is 5.26 Å². The van der Waals surface area contributed by atoms with E-state index in [0.29, 0.717) is 54.1 Å². The van der Waals surface area contributed by atoms with E-state index in [-0.39, 0.29) is 17.5 Å². The van der Waals surface area contributed by atoms with Crippen molar-refractivity contribution in [3.63, 3.8) is 0 Å². The Bertz CT molecular complexity index is 1130. The van der Waals surface area contributed by atoms with Gasteiger partial charge in [-0.25, -0.2) is 18.7 Å². The van der Waals surface area contributed by atoms with Gasteiger partial charge in [0, 0.05) is 36.9 Å². The van der Waals surface area contributed by atoms with E-state index < -0.39 is 11.6 Å². The highest BCUT2D eigenvalue weighted by Crippen LogP contribution is 2.29. The molecule has 0 spiro atoms. The zero-order valence-corrected chi connectivity index (χ0v) is 16.8. The fourth-order valence-corrected chi connectivity index (χ4v) is 4.10. The Kier molecular flexibility index (Phi) is 5.46. The third-order valence-corrected chi connectivity index (χ3v) is 5.68. The van der Waals surface area contributed by atoms with Gasteiger partial charge in [0.1, 0.15) is 6.07 Å². The van der Waals surface area contributed by atoms with E-state index in [1.165, 1.54) is 17.4 Å². The van der Waals surface area contributed by atoms with Gasteiger partial charge in [-0.05, 0) is 31.0 Å². The van der Waals surface area contributed by atoms with Crippen molar-refractivity contribution in [1.82, 2.24) is 9.97 Å². The van der Waals surface area contributed by atoms with Crippen LogP contribution < -0.4 is 10.2 Å². The molecule has 1 amide bonds. The fourth-order valence-electron chi connectivity index (χ4n) is 3.37. The molecule has 2 aromatic heterocycles. The summed E-state index contributed by atoms with van der Waals surface area (Å²) in [5.74, 6) is -1.33. The SMILES string of the molecule is Cc1nc(C#N)c(N2CCC(C(=O)Nc3nc(-c4ccc(F)c(F)c4)cs3)CC2)o1. The van der Waals surface area contributed by atoms with Crippen LogP contribution in [-0.4, -0.2) is 29.0 Å². The molecule has 1 aliphatic heterocycles. The van der Waals surface area contributed by atoms with Crippen LogP contribution in [0.2, 0.25) is 0 Å². The average Bonchev–Trinajstić information content (AvgIpc) is 3.36. The highest BCUT2D eigenvalue weighted by Gasteiger charge is 2.28. The summed E-state index contributed by atoms with van der Waals surface area (Å²) in [5, 5.41) is 14.1. The quantitative estimate of drug-likeness (QED) is 0.671. The highest BCUT2D eigenvalue weighted by molar-refractivity contribution is 7.14. The second kappa shape index (κ2) is 8.20. The van der Waals surface area contributed by atoms with E-state index in [4.69, 9.17) is 4.42 Å². The molecule has 0 unspecified atom stereocenters. The van der Waals surface area contributed by atoms with Gasteiger partial charge in [-0.1, -0.05) is 0 Å². The molecule has 0 aliphatic carbocycles. The first-order valence-corrected chi connectivity index (χ1v) is 10.2. The van der Waals surface area contributed by atoms with Gasteiger partial charge in [0.05, 0.1) is 5.69 Å². The zero-order chi connectivity index (χ0) is 21.3. The van der Waals surface area contributed by atoms with Gasteiger partial charge >= 0.3 is 0 Å². The average molecular weight is 429 g/mol. The summed E-state index contributed by atoms with van der Waals surface area (Å²) in [6.45, 7) is 2.83. The Labute approximate surface area is 175 Å².